The van der Waals surface area contributed by atoms with Gasteiger partial charge in [-0.2, -0.15) is 18.3 Å². The zero-order valence-corrected chi connectivity index (χ0v) is 32.9. The number of anilines is 2. The number of imide groups is 1. The Balaban J connectivity index is 0.879. The van der Waals surface area contributed by atoms with Gasteiger partial charge >= 0.3 is 11.9 Å². The summed E-state index contributed by atoms with van der Waals surface area (Å²) in [4.78, 5) is 59.0. The molecule has 59 heavy (non-hydrogen) atoms. The molecule has 1 atom stereocenters. The molecule has 0 bridgehead atoms. The third-order valence-electron chi connectivity index (χ3n) is 12.2. The van der Waals surface area contributed by atoms with Crippen LogP contribution in [0.3, 0.4) is 0 Å². The van der Waals surface area contributed by atoms with Crippen LogP contribution in [-0.4, -0.2) is 86.4 Å². The number of alkyl halides is 3. The van der Waals surface area contributed by atoms with E-state index in [1.807, 2.05) is 18.2 Å². The van der Waals surface area contributed by atoms with E-state index in [0.29, 0.717) is 22.9 Å². The number of hydrogen-bond donors (Lipinski definition) is 2. The Labute approximate surface area is 336 Å². The van der Waals surface area contributed by atoms with Crippen LogP contribution in [0.1, 0.15) is 79.6 Å². The van der Waals surface area contributed by atoms with Crippen LogP contribution >= 0.6 is 0 Å². The molecule has 1 saturated carbocycles. The lowest BCUT2D eigenvalue weighted by atomic mass is 9.85. The lowest BCUT2D eigenvalue weighted by Crippen LogP contribution is -2.45. The number of nitrogens with one attached hydrogen (secondary N) is 2. The molecule has 1 aliphatic carbocycles. The quantitative estimate of drug-likeness (QED) is 0.139. The third-order valence-corrected chi connectivity index (χ3v) is 12.2. The highest BCUT2D eigenvalue weighted by Crippen LogP contribution is 2.38. The van der Waals surface area contributed by atoms with Crippen molar-refractivity contribution in [2.45, 2.75) is 75.7 Å². The van der Waals surface area contributed by atoms with Gasteiger partial charge in [0, 0.05) is 50.7 Å². The number of rotatable bonds is 9. The van der Waals surface area contributed by atoms with Crippen LogP contribution in [0, 0.1) is 11.7 Å². The first-order valence-electron chi connectivity index (χ1n) is 19.8. The number of hydrogen-bond acceptors (Lipinski definition) is 9. The molecule has 0 spiro atoms. The van der Waals surface area contributed by atoms with E-state index < -0.39 is 41.2 Å². The molecule has 8 rings (SSSR count). The van der Waals surface area contributed by atoms with Crippen LogP contribution < -0.4 is 26.0 Å². The van der Waals surface area contributed by atoms with Crippen molar-refractivity contribution in [3.8, 4) is 5.75 Å². The number of methoxy groups -OCH3 is 1. The number of aryl methyl sites for hydroxylation is 1. The second kappa shape index (κ2) is 15.8. The molecule has 5 aromatic rings. The van der Waals surface area contributed by atoms with Crippen molar-refractivity contribution >= 4 is 51.0 Å². The predicted molar refractivity (Wildman–Crippen MR) is 211 cm³/mol. The second-order valence-electron chi connectivity index (χ2n) is 15.8. The van der Waals surface area contributed by atoms with Gasteiger partial charge in [-0.25, -0.2) is 14.2 Å². The molecule has 2 aromatic carbocycles. The van der Waals surface area contributed by atoms with Crippen LogP contribution in [0.2, 0.25) is 0 Å². The molecule has 2 N–H and O–H groups in total. The van der Waals surface area contributed by atoms with Crippen LogP contribution in [0.25, 0.3) is 21.9 Å². The summed E-state index contributed by atoms with van der Waals surface area (Å²) < 4.78 is 65.4. The van der Waals surface area contributed by atoms with Gasteiger partial charge in [0.2, 0.25) is 11.8 Å². The number of ether oxygens (including phenoxy) is 1. The van der Waals surface area contributed by atoms with E-state index in [4.69, 9.17) is 4.74 Å². The van der Waals surface area contributed by atoms with E-state index >= 15 is 4.39 Å². The lowest BCUT2D eigenvalue weighted by Gasteiger charge is -2.40. The molecule has 14 nitrogen and oxygen atoms in total. The van der Waals surface area contributed by atoms with E-state index in [1.54, 1.807) is 22.5 Å². The predicted octanol–water partition coefficient (Wildman–Crippen LogP) is 5.81. The number of amides is 3. The molecule has 18 heteroatoms. The largest absolute Gasteiger partial charge is 0.491 e. The maximum absolute atomic E-state index is 15.7. The molecular weight excluding hydrogens is 775 g/mol. The fraction of sp³-hybridized carbons (Fsp3) is 0.463. The summed E-state index contributed by atoms with van der Waals surface area (Å²) in [5, 5.41) is 9.79. The van der Waals surface area contributed by atoms with Gasteiger partial charge in [-0.1, -0.05) is 12.1 Å². The smallest absolute Gasteiger partial charge is 0.433 e. The van der Waals surface area contributed by atoms with Gasteiger partial charge in [0.25, 0.3) is 5.91 Å². The molecule has 0 radical (unpaired) electrons. The fourth-order valence-corrected chi connectivity index (χ4v) is 9.11. The van der Waals surface area contributed by atoms with E-state index in [1.165, 1.54) is 17.7 Å². The van der Waals surface area contributed by atoms with Gasteiger partial charge in [-0.15, -0.1) is 0 Å². The van der Waals surface area contributed by atoms with Crippen LogP contribution in [0.15, 0.2) is 53.5 Å². The average Bonchev–Trinajstić information content (AvgIpc) is 3.76. The summed E-state index contributed by atoms with van der Waals surface area (Å²) in [7, 11) is 5.13. The Morgan fingerprint density at radius 3 is 2.44 bits per heavy atom. The van der Waals surface area contributed by atoms with Crippen molar-refractivity contribution in [2.75, 3.05) is 44.0 Å². The van der Waals surface area contributed by atoms with Crippen molar-refractivity contribution in [2.24, 2.45) is 13.0 Å². The maximum atomic E-state index is 15.7. The van der Waals surface area contributed by atoms with Crippen LogP contribution in [-0.2, 0) is 22.8 Å². The number of carbonyl (C=O) groups excluding carboxylic acids is 3. The van der Waals surface area contributed by atoms with Crippen LogP contribution in [0.5, 0.6) is 5.75 Å². The Morgan fingerprint density at radius 1 is 1.02 bits per heavy atom. The van der Waals surface area contributed by atoms with E-state index in [9.17, 15) is 32.3 Å². The number of fused-ring (bicyclic) bond motifs is 2. The van der Waals surface area contributed by atoms with Crippen molar-refractivity contribution in [1.82, 2.24) is 34.1 Å². The SMILES string of the molecule is COc1c(NC(=O)c2cccc(C(F)(F)F)n2)cc2cn([C@H]3CC[C@H](CN(C)C4CCN(c5cccc6c5n(C)c(=O)n6C5CCC(=O)NC5=O)CC4)CC3)nc2c1F. The topological polar surface area (TPSA) is 149 Å². The van der Waals surface area contributed by atoms with Crippen molar-refractivity contribution in [1.29, 1.82) is 0 Å². The monoisotopic (exact) mass is 819 g/mol. The molecule has 2 saturated heterocycles. The molecular formula is C41H45F4N9O5. The van der Waals surface area contributed by atoms with Gasteiger partial charge < -0.3 is 19.9 Å². The van der Waals surface area contributed by atoms with Gasteiger partial charge in [-0.05, 0) is 88.2 Å². The van der Waals surface area contributed by atoms with Gasteiger partial charge in [0.1, 0.15) is 22.9 Å². The standard InChI is InChI=1S/C41H45F4N9O5/c1-50(25-16-18-52(19-17-25)29-7-5-8-30-36(29)51(2)40(58)54(30)31-14-15-33(55)48-39(31)57)21-23-10-12-26(13-11-23)53-22-24-20-28(37(59-3)34(42)35(24)49-53)47-38(56)27-6-4-9-32(46-27)41(43,44)45/h4-9,20,22-23,25-26,31H,10-19,21H2,1-3H3,(H,47,56)(H,48,55,57)/t23-,26-,31?. The first-order chi connectivity index (χ1) is 28.2. The van der Waals surface area contributed by atoms with E-state index in [2.05, 4.69) is 37.6 Å². The number of imidazole rings is 1. The first kappa shape index (κ1) is 40.0. The fourth-order valence-electron chi connectivity index (χ4n) is 9.11. The Morgan fingerprint density at radius 2 is 1.75 bits per heavy atom. The number of nitrogens with zero attached hydrogens (tertiary/aromatic N) is 7. The average molecular weight is 820 g/mol. The first-order valence-corrected chi connectivity index (χ1v) is 19.8. The minimum Gasteiger partial charge on any atom is -0.491 e. The highest BCUT2D eigenvalue weighted by Gasteiger charge is 2.35. The lowest BCUT2D eigenvalue weighted by molar-refractivity contribution is -0.141. The molecule has 5 heterocycles. The number of benzene rings is 2. The minimum atomic E-state index is -4.73. The number of piperidine rings is 2. The molecule has 2 aliphatic heterocycles. The molecule has 3 amide bonds. The minimum absolute atomic E-state index is 0.0356. The maximum Gasteiger partial charge on any atom is 0.433 e. The van der Waals surface area contributed by atoms with Crippen molar-refractivity contribution in [3.05, 3.63) is 76.4 Å². The summed E-state index contributed by atoms with van der Waals surface area (Å²) >= 11 is 0. The van der Waals surface area contributed by atoms with Gasteiger partial charge in [0.05, 0.1) is 35.6 Å². The molecule has 3 fully saturated rings. The second-order valence-corrected chi connectivity index (χ2v) is 15.8. The Bertz CT molecular complexity index is 2500. The highest BCUT2D eigenvalue weighted by atomic mass is 19.4. The number of aromatic nitrogens is 5. The summed E-state index contributed by atoms with van der Waals surface area (Å²) in [5.74, 6) is -2.33. The molecule has 1 unspecified atom stereocenters. The third kappa shape index (κ3) is 7.65. The number of pyridine rings is 1. The molecule has 3 aliphatic rings. The molecule has 3 aromatic heterocycles. The highest BCUT2D eigenvalue weighted by molar-refractivity contribution is 6.05. The van der Waals surface area contributed by atoms with Crippen LogP contribution in [0.4, 0.5) is 28.9 Å². The summed E-state index contributed by atoms with van der Waals surface area (Å²) in [5.41, 5.74) is 0.436. The Hall–Kier alpha value is -5.78. The number of para-hydroxylation sites is 1. The van der Waals surface area contributed by atoms with E-state index in [0.717, 1.165) is 87.6 Å². The summed E-state index contributed by atoms with van der Waals surface area (Å²) in [6, 6.07) is 9.95. The summed E-state index contributed by atoms with van der Waals surface area (Å²) in [6.45, 7) is 2.55. The summed E-state index contributed by atoms with van der Waals surface area (Å²) in [6.07, 6.45) is 2.95. The number of carbonyl (C=O) groups is 3. The van der Waals surface area contributed by atoms with Crippen molar-refractivity contribution < 1.29 is 36.7 Å². The Kier molecular flexibility index (Phi) is 10.7. The zero-order chi connectivity index (χ0) is 41.7. The number of halogens is 4. The van der Waals surface area contributed by atoms with Gasteiger partial charge in [0.15, 0.2) is 11.6 Å². The zero-order valence-electron chi connectivity index (χ0n) is 32.9. The van der Waals surface area contributed by atoms with E-state index in [-0.39, 0.29) is 47.4 Å². The molecule has 312 valence electrons. The van der Waals surface area contributed by atoms with Crippen molar-refractivity contribution in [3.63, 3.8) is 0 Å². The van der Waals surface area contributed by atoms with Gasteiger partial charge in [-0.3, -0.25) is 33.5 Å². The normalized spacial score (nSPS) is 20.7.